The highest BCUT2D eigenvalue weighted by Gasteiger charge is 2.57. The predicted molar refractivity (Wildman–Crippen MR) is 63.0 cm³/mol. The molecule has 0 aromatic carbocycles. The van der Waals surface area contributed by atoms with Gasteiger partial charge in [0.1, 0.15) is 3.42 Å². The lowest BCUT2D eigenvalue weighted by Crippen LogP contribution is -2.41. The van der Waals surface area contributed by atoms with E-state index in [0.717, 1.165) is 12.8 Å². The van der Waals surface area contributed by atoms with Crippen LogP contribution >= 0.6 is 45.2 Å². The van der Waals surface area contributed by atoms with Gasteiger partial charge >= 0.3 is 5.97 Å². The number of hydrogen-bond acceptors (Lipinski definition) is 1. The van der Waals surface area contributed by atoms with Crippen molar-refractivity contribution < 1.29 is 9.90 Å². The molecule has 0 aromatic heterocycles. The lowest BCUT2D eigenvalue weighted by molar-refractivity contribution is -0.140. The van der Waals surface area contributed by atoms with Gasteiger partial charge in [0.15, 0.2) is 0 Å². The maximum atomic E-state index is 11.0. The van der Waals surface area contributed by atoms with Crippen molar-refractivity contribution in [3.63, 3.8) is 0 Å². The molecule has 2 aliphatic carbocycles. The molecule has 2 saturated carbocycles. The van der Waals surface area contributed by atoms with Crippen LogP contribution in [0.15, 0.2) is 0 Å². The van der Waals surface area contributed by atoms with E-state index < -0.39 is 9.39 Å². The molecule has 2 aliphatic rings. The second kappa shape index (κ2) is 2.96. The Morgan fingerprint density at radius 1 is 1.50 bits per heavy atom. The Hall–Kier alpha value is 0.930. The SMILES string of the molecule is O=C(O)C1(I)CC2CC(I)C1C2. The average molecular weight is 392 g/mol. The molecule has 68 valence electrons. The number of fused-ring (bicyclic) bond motifs is 2. The van der Waals surface area contributed by atoms with Gasteiger partial charge in [0, 0.05) is 3.92 Å². The number of aliphatic carboxylic acids is 1. The molecule has 2 bridgehead atoms. The van der Waals surface area contributed by atoms with Crippen molar-refractivity contribution in [3.8, 4) is 0 Å². The number of hydrogen-bond donors (Lipinski definition) is 1. The van der Waals surface area contributed by atoms with Crippen LogP contribution in [0.4, 0.5) is 0 Å². The predicted octanol–water partition coefficient (Wildman–Crippen LogP) is 2.48. The summed E-state index contributed by atoms with van der Waals surface area (Å²) in [5.41, 5.74) is 0. The van der Waals surface area contributed by atoms with Gasteiger partial charge in [0.25, 0.3) is 0 Å². The molecule has 0 radical (unpaired) electrons. The molecule has 0 heterocycles. The van der Waals surface area contributed by atoms with Crippen LogP contribution in [0.3, 0.4) is 0 Å². The van der Waals surface area contributed by atoms with Crippen molar-refractivity contribution >= 4 is 51.2 Å². The zero-order valence-electron chi connectivity index (χ0n) is 6.46. The van der Waals surface area contributed by atoms with Crippen LogP contribution in [0, 0.1) is 11.8 Å². The molecule has 2 rings (SSSR count). The molecule has 0 aliphatic heterocycles. The molecular weight excluding hydrogens is 382 g/mol. The number of carboxylic acids is 1. The zero-order chi connectivity index (χ0) is 8.93. The minimum Gasteiger partial charge on any atom is -0.480 e. The topological polar surface area (TPSA) is 37.3 Å². The van der Waals surface area contributed by atoms with Crippen LogP contribution in [0.25, 0.3) is 0 Å². The molecule has 4 unspecified atom stereocenters. The highest BCUT2D eigenvalue weighted by atomic mass is 127. The Morgan fingerprint density at radius 2 is 2.17 bits per heavy atom. The number of carbonyl (C=O) groups is 1. The third-order valence-corrected chi connectivity index (χ3v) is 6.19. The molecule has 1 N–H and O–H groups in total. The van der Waals surface area contributed by atoms with Gasteiger partial charge < -0.3 is 5.11 Å². The first-order chi connectivity index (χ1) is 5.54. The molecule has 4 heteroatoms. The van der Waals surface area contributed by atoms with Gasteiger partial charge in [-0.2, -0.15) is 0 Å². The van der Waals surface area contributed by atoms with Crippen molar-refractivity contribution in [1.29, 1.82) is 0 Å². The van der Waals surface area contributed by atoms with E-state index in [4.69, 9.17) is 5.11 Å². The second-order valence-corrected chi connectivity index (χ2v) is 7.36. The fourth-order valence-electron chi connectivity index (χ4n) is 2.54. The summed E-state index contributed by atoms with van der Waals surface area (Å²) in [6.07, 6.45) is 3.28. The molecule has 0 amide bonds. The van der Waals surface area contributed by atoms with E-state index in [1.54, 1.807) is 0 Å². The van der Waals surface area contributed by atoms with E-state index in [-0.39, 0.29) is 0 Å². The largest absolute Gasteiger partial charge is 0.480 e. The van der Waals surface area contributed by atoms with Gasteiger partial charge in [0.2, 0.25) is 0 Å². The van der Waals surface area contributed by atoms with Crippen LogP contribution in [0.2, 0.25) is 0 Å². The number of rotatable bonds is 1. The van der Waals surface area contributed by atoms with Gasteiger partial charge in [0.05, 0.1) is 0 Å². The molecule has 12 heavy (non-hydrogen) atoms. The lowest BCUT2D eigenvalue weighted by Gasteiger charge is -2.30. The summed E-state index contributed by atoms with van der Waals surface area (Å²) in [5, 5.41) is 9.10. The Kier molecular flexibility index (Phi) is 2.34. The summed E-state index contributed by atoms with van der Waals surface area (Å²) in [4.78, 5) is 11.0. The Morgan fingerprint density at radius 3 is 2.50 bits per heavy atom. The molecule has 4 atom stereocenters. The van der Waals surface area contributed by atoms with Crippen molar-refractivity contribution in [2.45, 2.75) is 26.6 Å². The maximum absolute atomic E-state index is 11.0. The summed E-state index contributed by atoms with van der Waals surface area (Å²) in [6, 6.07) is 0. The van der Waals surface area contributed by atoms with Gasteiger partial charge in [-0.1, -0.05) is 45.2 Å². The fourth-order valence-corrected chi connectivity index (χ4v) is 6.17. The van der Waals surface area contributed by atoms with Gasteiger partial charge in [-0.05, 0) is 31.1 Å². The third-order valence-electron chi connectivity index (χ3n) is 3.11. The molecule has 0 saturated heterocycles. The molecule has 0 spiro atoms. The van der Waals surface area contributed by atoms with Gasteiger partial charge in [-0.3, -0.25) is 4.79 Å². The Bertz CT molecular complexity index is 231. The molecule has 0 aromatic rings. The number of alkyl halides is 2. The van der Waals surface area contributed by atoms with Gasteiger partial charge in [-0.25, -0.2) is 0 Å². The molecule has 2 nitrogen and oxygen atoms in total. The minimum atomic E-state index is -0.600. The van der Waals surface area contributed by atoms with E-state index in [1.165, 1.54) is 6.42 Å². The van der Waals surface area contributed by atoms with Crippen molar-refractivity contribution in [2.24, 2.45) is 11.8 Å². The van der Waals surface area contributed by atoms with Crippen LogP contribution in [0.5, 0.6) is 0 Å². The standard InChI is InChI=1S/C8H10I2O2/c9-6-2-4-1-5(6)8(10,3-4)7(11)12/h4-6H,1-3H2,(H,11,12). The first kappa shape index (κ1) is 9.48. The zero-order valence-corrected chi connectivity index (χ0v) is 10.8. The highest BCUT2D eigenvalue weighted by molar-refractivity contribution is 14.1. The fraction of sp³-hybridized carbons (Fsp3) is 0.875. The third kappa shape index (κ3) is 1.20. The molecular formula is C8H10I2O2. The van der Waals surface area contributed by atoms with Crippen LogP contribution < -0.4 is 0 Å². The second-order valence-electron chi connectivity index (χ2n) is 3.83. The summed E-state index contributed by atoms with van der Waals surface area (Å²) in [7, 11) is 0. The molecule has 2 fully saturated rings. The van der Waals surface area contributed by atoms with Crippen LogP contribution in [-0.4, -0.2) is 18.4 Å². The summed E-state index contributed by atoms with van der Waals surface area (Å²) in [6.45, 7) is 0. The van der Waals surface area contributed by atoms with E-state index in [0.29, 0.717) is 15.8 Å². The maximum Gasteiger partial charge on any atom is 0.319 e. The number of carboxylic acid groups (broad SMARTS) is 1. The van der Waals surface area contributed by atoms with E-state index in [2.05, 4.69) is 45.2 Å². The normalized spacial score (nSPS) is 51.3. The lowest BCUT2D eigenvalue weighted by atomic mass is 9.89. The minimum absolute atomic E-state index is 0.418. The van der Waals surface area contributed by atoms with Crippen molar-refractivity contribution in [3.05, 3.63) is 0 Å². The summed E-state index contributed by atoms with van der Waals surface area (Å²) >= 11 is 4.57. The quantitative estimate of drug-likeness (QED) is 0.550. The summed E-state index contributed by atoms with van der Waals surface area (Å²) < 4.78 is 0.154. The van der Waals surface area contributed by atoms with E-state index in [1.807, 2.05) is 0 Å². The van der Waals surface area contributed by atoms with Crippen molar-refractivity contribution in [2.75, 3.05) is 0 Å². The van der Waals surface area contributed by atoms with Crippen molar-refractivity contribution in [1.82, 2.24) is 0 Å². The Labute approximate surface area is 98.8 Å². The Balaban J connectivity index is 2.26. The van der Waals surface area contributed by atoms with E-state index in [9.17, 15) is 4.79 Å². The highest BCUT2D eigenvalue weighted by Crippen LogP contribution is 2.57. The van der Waals surface area contributed by atoms with Crippen LogP contribution in [-0.2, 0) is 4.79 Å². The summed E-state index contributed by atoms with van der Waals surface area (Å²) in [5.74, 6) is 0.503. The van der Waals surface area contributed by atoms with Gasteiger partial charge in [-0.15, -0.1) is 0 Å². The first-order valence-corrected chi connectivity index (χ1v) is 6.43. The first-order valence-electron chi connectivity index (χ1n) is 4.10. The smallest absolute Gasteiger partial charge is 0.319 e. The van der Waals surface area contributed by atoms with Crippen LogP contribution in [0.1, 0.15) is 19.3 Å². The average Bonchev–Trinajstić information content (AvgIpc) is 2.43. The number of halogens is 2. The van der Waals surface area contributed by atoms with E-state index >= 15 is 0 Å². The monoisotopic (exact) mass is 392 g/mol.